The third kappa shape index (κ3) is 2.37. The highest BCUT2D eigenvalue weighted by Gasteiger charge is 2.42. The molecular formula is C12H17N3O3. The van der Waals surface area contributed by atoms with Crippen molar-refractivity contribution in [2.24, 2.45) is 5.41 Å². The Morgan fingerprint density at radius 1 is 1.56 bits per heavy atom. The minimum Gasteiger partial charge on any atom is -0.480 e. The maximum Gasteiger partial charge on any atom is 0.325 e. The second-order valence-electron chi connectivity index (χ2n) is 4.73. The van der Waals surface area contributed by atoms with Gasteiger partial charge < -0.3 is 10.4 Å². The van der Waals surface area contributed by atoms with E-state index >= 15 is 0 Å². The number of nitrogens with zero attached hydrogens (tertiary/aromatic N) is 2. The molecule has 18 heavy (non-hydrogen) atoms. The van der Waals surface area contributed by atoms with Gasteiger partial charge in [0.2, 0.25) is 5.91 Å². The number of amides is 1. The van der Waals surface area contributed by atoms with Crippen LogP contribution < -0.4 is 5.32 Å². The summed E-state index contributed by atoms with van der Waals surface area (Å²) in [5.74, 6) is -0.544. The minimum absolute atomic E-state index is 0.00294. The van der Waals surface area contributed by atoms with E-state index < -0.39 is 5.97 Å². The summed E-state index contributed by atoms with van der Waals surface area (Å²) in [7, 11) is 0. The van der Waals surface area contributed by atoms with Crippen LogP contribution in [0.5, 0.6) is 0 Å². The first kappa shape index (κ1) is 12.6. The standard InChI is InChI=1S/C12H17N3O3/c1-2-12(5-3-6-12)11(18)13-9-4-7-15(14-9)8-10(16)17/h4,7H,2-3,5-6,8H2,1H3,(H,16,17)(H,13,14,18). The lowest BCUT2D eigenvalue weighted by Crippen LogP contribution is -2.41. The highest BCUT2D eigenvalue weighted by atomic mass is 16.4. The molecule has 0 saturated heterocycles. The van der Waals surface area contributed by atoms with Crippen molar-refractivity contribution in [3.63, 3.8) is 0 Å². The maximum absolute atomic E-state index is 12.1. The van der Waals surface area contributed by atoms with E-state index in [-0.39, 0.29) is 17.9 Å². The Hall–Kier alpha value is -1.85. The van der Waals surface area contributed by atoms with Crippen molar-refractivity contribution in [3.8, 4) is 0 Å². The summed E-state index contributed by atoms with van der Waals surface area (Å²) < 4.78 is 1.29. The molecule has 6 nitrogen and oxygen atoms in total. The SMILES string of the molecule is CCC1(C(=O)Nc2ccn(CC(=O)O)n2)CCC1. The van der Waals surface area contributed by atoms with E-state index in [4.69, 9.17) is 5.11 Å². The van der Waals surface area contributed by atoms with Gasteiger partial charge in [0.1, 0.15) is 6.54 Å². The second kappa shape index (κ2) is 4.80. The highest BCUT2D eigenvalue weighted by molar-refractivity contribution is 5.95. The van der Waals surface area contributed by atoms with Crippen molar-refractivity contribution in [1.29, 1.82) is 0 Å². The molecule has 0 atom stereocenters. The number of hydrogen-bond acceptors (Lipinski definition) is 3. The first-order chi connectivity index (χ1) is 8.55. The maximum atomic E-state index is 12.1. The van der Waals surface area contributed by atoms with Crippen molar-refractivity contribution in [1.82, 2.24) is 9.78 Å². The molecule has 0 aromatic carbocycles. The molecule has 0 radical (unpaired) electrons. The topological polar surface area (TPSA) is 84.2 Å². The third-order valence-corrected chi connectivity index (χ3v) is 3.65. The van der Waals surface area contributed by atoms with Crippen LogP contribution in [0.25, 0.3) is 0 Å². The second-order valence-corrected chi connectivity index (χ2v) is 4.73. The quantitative estimate of drug-likeness (QED) is 0.830. The summed E-state index contributed by atoms with van der Waals surface area (Å²) in [5.41, 5.74) is -0.240. The van der Waals surface area contributed by atoms with Gasteiger partial charge in [0.05, 0.1) is 0 Å². The molecule has 0 aliphatic heterocycles. The molecular weight excluding hydrogens is 234 g/mol. The molecule has 1 fully saturated rings. The van der Waals surface area contributed by atoms with Gasteiger partial charge in [-0.15, -0.1) is 0 Å². The molecule has 1 aromatic rings. The van der Waals surface area contributed by atoms with E-state index in [0.717, 1.165) is 25.7 Å². The van der Waals surface area contributed by atoms with Gasteiger partial charge in [-0.3, -0.25) is 14.3 Å². The molecule has 1 saturated carbocycles. The zero-order valence-corrected chi connectivity index (χ0v) is 10.3. The summed E-state index contributed by atoms with van der Waals surface area (Å²) in [4.78, 5) is 22.6. The molecule has 1 heterocycles. The van der Waals surface area contributed by atoms with Gasteiger partial charge in [0, 0.05) is 17.7 Å². The molecule has 1 aliphatic carbocycles. The predicted molar refractivity (Wildman–Crippen MR) is 65.1 cm³/mol. The molecule has 0 spiro atoms. The van der Waals surface area contributed by atoms with Crippen LogP contribution in [-0.4, -0.2) is 26.8 Å². The van der Waals surface area contributed by atoms with Gasteiger partial charge in [-0.2, -0.15) is 5.10 Å². The number of carbonyl (C=O) groups is 2. The van der Waals surface area contributed by atoms with Crippen LogP contribution in [0.3, 0.4) is 0 Å². The van der Waals surface area contributed by atoms with E-state index in [0.29, 0.717) is 5.82 Å². The van der Waals surface area contributed by atoms with Crippen LogP contribution >= 0.6 is 0 Å². The fraction of sp³-hybridized carbons (Fsp3) is 0.583. The van der Waals surface area contributed by atoms with Gasteiger partial charge in [-0.25, -0.2) is 0 Å². The summed E-state index contributed by atoms with van der Waals surface area (Å²) in [6.45, 7) is 1.82. The molecule has 0 unspecified atom stereocenters. The van der Waals surface area contributed by atoms with Crippen LogP contribution in [0.1, 0.15) is 32.6 Å². The van der Waals surface area contributed by atoms with E-state index in [1.165, 1.54) is 4.68 Å². The average Bonchev–Trinajstić information content (AvgIpc) is 2.63. The van der Waals surface area contributed by atoms with Crippen molar-refractivity contribution in [2.45, 2.75) is 39.2 Å². The summed E-state index contributed by atoms with van der Waals surface area (Å²) in [5, 5.41) is 15.4. The van der Waals surface area contributed by atoms with Crippen LogP contribution in [0, 0.1) is 5.41 Å². The first-order valence-corrected chi connectivity index (χ1v) is 6.12. The van der Waals surface area contributed by atoms with Gasteiger partial charge in [-0.05, 0) is 19.3 Å². The van der Waals surface area contributed by atoms with Gasteiger partial charge in [0.15, 0.2) is 5.82 Å². The Morgan fingerprint density at radius 3 is 2.78 bits per heavy atom. The summed E-state index contributed by atoms with van der Waals surface area (Å²) in [6, 6.07) is 1.61. The Kier molecular flexibility index (Phi) is 3.36. The smallest absolute Gasteiger partial charge is 0.325 e. The van der Waals surface area contributed by atoms with E-state index in [1.807, 2.05) is 6.92 Å². The fourth-order valence-electron chi connectivity index (χ4n) is 2.25. The number of nitrogens with one attached hydrogen (secondary N) is 1. The van der Waals surface area contributed by atoms with Crippen LogP contribution in [0.2, 0.25) is 0 Å². The lowest BCUT2D eigenvalue weighted by atomic mass is 9.66. The molecule has 1 aromatic heterocycles. The number of hydrogen-bond donors (Lipinski definition) is 2. The predicted octanol–water partition coefficient (Wildman–Crippen LogP) is 1.49. The number of rotatable bonds is 5. The number of anilines is 1. The number of carboxylic acid groups (broad SMARTS) is 1. The molecule has 98 valence electrons. The van der Waals surface area contributed by atoms with E-state index in [1.54, 1.807) is 12.3 Å². The molecule has 1 amide bonds. The van der Waals surface area contributed by atoms with Crippen molar-refractivity contribution in [3.05, 3.63) is 12.3 Å². The van der Waals surface area contributed by atoms with Crippen molar-refractivity contribution >= 4 is 17.7 Å². The first-order valence-electron chi connectivity index (χ1n) is 6.12. The zero-order valence-electron chi connectivity index (χ0n) is 10.3. The van der Waals surface area contributed by atoms with Crippen molar-refractivity contribution in [2.75, 3.05) is 5.32 Å². The van der Waals surface area contributed by atoms with Crippen LogP contribution in [-0.2, 0) is 16.1 Å². The number of aliphatic carboxylic acids is 1. The lowest BCUT2D eigenvalue weighted by Gasteiger charge is -2.39. The third-order valence-electron chi connectivity index (χ3n) is 3.65. The molecule has 2 N–H and O–H groups in total. The van der Waals surface area contributed by atoms with Crippen molar-refractivity contribution < 1.29 is 14.7 Å². The van der Waals surface area contributed by atoms with Gasteiger partial charge in [-0.1, -0.05) is 13.3 Å². The number of carbonyl (C=O) groups excluding carboxylic acids is 1. The normalized spacial score (nSPS) is 16.9. The average molecular weight is 251 g/mol. The summed E-state index contributed by atoms with van der Waals surface area (Å²) >= 11 is 0. The molecule has 6 heteroatoms. The monoisotopic (exact) mass is 251 g/mol. The summed E-state index contributed by atoms with van der Waals surface area (Å²) in [6.07, 6.45) is 5.31. The minimum atomic E-state index is -0.958. The lowest BCUT2D eigenvalue weighted by molar-refractivity contribution is -0.137. The Balaban J connectivity index is 1.99. The van der Waals surface area contributed by atoms with Gasteiger partial charge >= 0.3 is 5.97 Å². The molecule has 0 bridgehead atoms. The van der Waals surface area contributed by atoms with E-state index in [2.05, 4.69) is 10.4 Å². The Morgan fingerprint density at radius 2 is 2.28 bits per heavy atom. The zero-order chi connectivity index (χ0) is 13.2. The number of aromatic nitrogens is 2. The Bertz CT molecular complexity index is 457. The fourth-order valence-corrected chi connectivity index (χ4v) is 2.25. The Labute approximate surface area is 105 Å². The molecule has 1 aliphatic rings. The van der Waals surface area contributed by atoms with Crippen LogP contribution in [0.4, 0.5) is 5.82 Å². The van der Waals surface area contributed by atoms with Gasteiger partial charge in [0.25, 0.3) is 0 Å². The van der Waals surface area contributed by atoms with E-state index in [9.17, 15) is 9.59 Å². The highest BCUT2D eigenvalue weighted by Crippen LogP contribution is 2.44. The number of carboxylic acids is 1. The molecule has 2 rings (SSSR count). The largest absolute Gasteiger partial charge is 0.480 e. The van der Waals surface area contributed by atoms with Crippen LogP contribution in [0.15, 0.2) is 12.3 Å².